The van der Waals surface area contributed by atoms with Crippen molar-refractivity contribution in [2.45, 2.75) is 6.54 Å². The predicted molar refractivity (Wildman–Crippen MR) is 120 cm³/mol. The Bertz CT molecular complexity index is 1150. The summed E-state index contributed by atoms with van der Waals surface area (Å²) in [5.74, 6) is -0.0152. The van der Waals surface area contributed by atoms with E-state index in [0.717, 1.165) is 25.7 Å². The van der Waals surface area contributed by atoms with Crippen LogP contribution in [0.4, 0.5) is 5.69 Å². The van der Waals surface area contributed by atoms with Gasteiger partial charge in [0.2, 0.25) is 0 Å². The number of carbonyl (C=O) groups excluding carboxylic acids is 2. The Labute approximate surface area is 185 Å². The molecule has 1 amide bonds. The van der Waals surface area contributed by atoms with Gasteiger partial charge in [-0.3, -0.25) is 24.6 Å². The van der Waals surface area contributed by atoms with Gasteiger partial charge >= 0.3 is 0 Å². The second kappa shape index (κ2) is 9.57. The number of non-ortho nitro benzene ring substituents is 1. The maximum atomic E-state index is 12.6. The van der Waals surface area contributed by atoms with Crippen LogP contribution in [0.25, 0.3) is 10.8 Å². The molecule has 8 heteroatoms. The third-order valence-corrected chi connectivity index (χ3v) is 5.68. The number of rotatable bonds is 7. The number of fused-ring (bicyclic) bond motifs is 1. The molecule has 1 saturated heterocycles. The molecule has 0 aromatic heterocycles. The van der Waals surface area contributed by atoms with Crippen LogP contribution in [0.5, 0.6) is 5.75 Å². The number of nitrogens with zero attached hydrogens (tertiary/aromatic N) is 3. The first-order chi connectivity index (χ1) is 15.5. The fraction of sp³-hybridized carbons (Fsp3) is 0.250. The molecular weight excluding hydrogens is 410 g/mol. The predicted octanol–water partition coefficient (Wildman–Crippen LogP) is 3.28. The zero-order chi connectivity index (χ0) is 22.5. The standard InChI is InChI=1S/C24H23N3O5/c28-16-20-14-21(27(30)31)8-9-23(20)32-17-24(29)26-12-10-25(11-13-26)15-19-6-3-5-18-4-1-2-7-22(18)19/h1-9,14,16H,10-13,15,17H2. The van der Waals surface area contributed by atoms with E-state index >= 15 is 0 Å². The van der Waals surface area contributed by atoms with Gasteiger partial charge in [0.05, 0.1) is 10.5 Å². The topological polar surface area (TPSA) is 93.0 Å². The largest absolute Gasteiger partial charge is 0.483 e. The van der Waals surface area contributed by atoms with Crippen molar-refractivity contribution >= 4 is 28.7 Å². The number of piperazine rings is 1. The second-order valence-corrected chi connectivity index (χ2v) is 7.68. The minimum absolute atomic E-state index is 0.0481. The SMILES string of the molecule is O=Cc1cc([N+](=O)[O-])ccc1OCC(=O)N1CCN(Cc2cccc3ccccc23)CC1. The van der Waals surface area contributed by atoms with E-state index in [9.17, 15) is 19.7 Å². The highest BCUT2D eigenvalue weighted by Gasteiger charge is 2.22. The van der Waals surface area contributed by atoms with E-state index in [2.05, 4.69) is 35.2 Å². The van der Waals surface area contributed by atoms with Gasteiger partial charge in [-0.15, -0.1) is 0 Å². The Morgan fingerprint density at radius 2 is 1.78 bits per heavy atom. The van der Waals surface area contributed by atoms with E-state index in [1.165, 1.54) is 28.5 Å². The van der Waals surface area contributed by atoms with Crippen molar-refractivity contribution in [3.63, 3.8) is 0 Å². The maximum absolute atomic E-state index is 12.6. The van der Waals surface area contributed by atoms with Crippen molar-refractivity contribution in [3.8, 4) is 5.75 Å². The van der Waals surface area contributed by atoms with Gasteiger partial charge in [0.1, 0.15) is 5.75 Å². The van der Waals surface area contributed by atoms with Crippen LogP contribution in [0.3, 0.4) is 0 Å². The molecule has 3 aromatic rings. The summed E-state index contributed by atoms with van der Waals surface area (Å²) in [6, 6.07) is 18.4. The molecule has 164 valence electrons. The van der Waals surface area contributed by atoms with Crippen LogP contribution in [-0.2, 0) is 11.3 Å². The van der Waals surface area contributed by atoms with E-state index < -0.39 is 4.92 Å². The van der Waals surface area contributed by atoms with Crippen LogP contribution in [-0.4, -0.2) is 59.7 Å². The Balaban J connectivity index is 1.31. The average Bonchev–Trinajstić information content (AvgIpc) is 2.83. The number of carbonyl (C=O) groups is 2. The number of nitro benzene ring substituents is 1. The molecule has 4 rings (SSSR count). The zero-order valence-corrected chi connectivity index (χ0v) is 17.5. The molecule has 1 fully saturated rings. The van der Waals surface area contributed by atoms with E-state index in [4.69, 9.17) is 4.74 Å². The summed E-state index contributed by atoms with van der Waals surface area (Å²) in [5, 5.41) is 13.3. The van der Waals surface area contributed by atoms with E-state index in [1.807, 2.05) is 12.1 Å². The minimum atomic E-state index is -0.584. The van der Waals surface area contributed by atoms with Gasteiger partial charge < -0.3 is 9.64 Å². The van der Waals surface area contributed by atoms with Gasteiger partial charge in [-0.05, 0) is 22.4 Å². The summed E-state index contributed by atoms with van der Waals surface area (Å²) in [4.78, 5) is 38.1. The molecule has 0 spiro atoms. The molecule has 0 saturated carbocycles. The van der Waals surface area contributed by atoms with Crippen molar-refractivity contribution < 1.29 is 19.2 Å². The van der Waals surface area contributed by atoms with Crippen molar-refractivity contribution in [1.29, 1.82) is 0 Å². The summed E-state index contributed by atoms with van der Waals surface area (Å²) in [7, 11) is 0. The van der Waals surface area contributed by atoms with Crippen molar-refractivity contribution in [2.24, 2.45) is 0 Å². The van der Waals surface area contributed by atoms with Crippen molar-refractivity contribution in [2.75, 3.05) is 32.8 Å². The molecule has 0 radical (unpaired) electrons. The van der Waals surface area contributed by atoms with Gasteiger partial charge in [-0.2, -0.15) is 0 Å². The summed E-state index contributed by atoms with van der Waals surface area (Å²) in [6.45, 7) is 3.30. The second-order valence-electron chi connectivity index (χ2n) is 7.68. The van der Waals surface area contributed by atoms with E-state index in [1.54, 1.807) is 4.90 Å². The number of benzene rings is 3. The van der Waals surface area contributed by atoms with Crippen molar-refractivity contribution in [1.82, 2.24) is 9.80 Å². The molecule has 3 aromatic carbocycles. The molecule has 0 bridgehead atoms. The van der Waals surface area contributed by atoms with Crippen LogP contribution in [0.15, 0.2) is 60.7 Å². The number of hydrogen-bond donors (Lipinski definition) is 0. The Morgan fingerprint density at radius 1 is 1.03 bits per heavy atom. The molecular formula is C24H23N3O5. The van der Waals surface area contributed by atoms with Gasteiger partial charge in [0, 0.05) is 44.9 Å². The van der Waals surface area contributed by atoms with E-state index in [0.29, 0.717) is 19.4 Å². The number of aldehydes is 1. The molecule has 0 N–H and O–H groups in total. The summed E-state index contributed by atoms with van der Waals surface area (Å²) in [5.41, 5.74) is 1.12. The summed E-state index contributed by atoms with van der Waals surface area (Å²) < 4.78 is 5.49. The Morgan fingerprint density at radius 3 is 2.53 bits per heavy atom. The highest BCUT2D eigenvalue weighted by Crippen LogP contribution is 2.23. The molecule has 1 aliphatic heterocycles. The molecule has 0 unspecified atom stereocenters. The molecule has 0 aliphatic carbocycles. The van der Waals surface area contributed by atoms with Gasteiger partial charge in [-0.25, -0.2) is 0 Å². The number of amides is 1. The molecule has 32 heavy (non-hydrogen) atoms. The maximum Gasteiger partial charge on any atom is 0.270 e. The monoisotopic (exact) mass is 433 g/mol. The average molecular weight is 433 g/mol. The molecule has 8 nitrogen and oxygen atoms in total. The van der Waals surface area contributed by atoms with Crippen LogP contribution < -0.4 is 4.74 Å². The lowest BCUT2D eigenvalue weighted by Crippen LogP contribution is -2.49. The zero-order valence-electron chi connectivity index (χ0n) is 17.5. The van der Waals surface area contributed by atoms with Gasteiger partial charge in [0.15, 0.2) is 12.9 Å². The Kier molecular flexibility index (Phi) is 6.42. The van der Waals surface area contributed by atoms with Gasteiger partial charge in [0.25, 0.3) is 11.6 Å². The fourth-order valence-corrected chi connectivity index (χ4v) is 3.93. The highest BCUT2D eigenvalue weighted by molar-refractivity contribution is 5.85. The first-order valence-corrected chi connectivity index (χ1v) is 10.4. The summed E-state index contributed by atoms with van der Waals surface area (Å²) >= 11 is 0. The lowest BCUT2D eigenvalue weighted by Gasteiger charge is -2.35. The number of nitro groups is 1. The van der Waals surface area contributed by atoms with Crippen LogP contribution in [0.1, 0.15) is 15.9 Å². The fourth-order valence-electron chi connectivity index (χ4n) is 3.93. The van der Waals surface area contributed by atoms with Gasteiger partial charge in [-0.1, -0.05) is 42.5 Å². The van der Waals surface area contributed by atoms with Crippen LogP contribution >= 0.6 is 0 Å². The molecule has 0 atom stereocenters. The van der Waals surface area contributed by atoms with Crippen LogP contribution in [0.2, 0.25) is 0 Å². The smallest absolute Gasteiger partial charge is 0.270 e. The Hall–Kier alpha value is -3.78. The number of hydrogen-bond acceptors (Lipinski definition) is 6. The minimum Gasteiger partial charge on any atom is -0.483 e. The first kappa shape index (κ1) is 21.5. The lowest BCUT2D eigenvalue weighted by molar-refractivity contribution is -0.384. The first-order valence-electron chi connectivity index (χ1n) is 10.4. The highest BCUT2D eigenvalue weighted by atomic mass is 16.6. The number of ether oxygens (including phenoxy) is 1. The lowest BCUT2D eigenvalue weighted by atomic mass is 10.0. The quantitative estimate of drug-likeness (QED) is 0.323. The van der Waals surface area contributed by atoms with Crippen molar-refractivity contribution in [3.05, 3.63) is 81.9 Å². The third kappa shape index (κ3) is 4.76. The molecule has 1 heterocycles. The normalized spacial score (nSPS) is 14.3. The molecule has 1 aliphatic rings. The van der Waals surface area contributed by atoms with E-state index in [-0.39, 0.29) is 29.5 Å². The van der Waals surface area contributed by atoms with Crippen LogP contribution in [0, 0.1) is 10.1 Å². The third-order valence-electron chi connectivity index (χ3n) is 5.68. The summed E-state index contributed by atoms with van der Waals surface area (Å²) in [6.07, 6.45) is 0.485.